The number of aryl methyl sites for hydroxylation is 2. The topological polar surface area (TPSA) is 55.6 Å². The molecule has 0 unspecified atom stereocenters. The average molecular weight is 357 g/mol. The molecular weight excluding hydrogens is 338 g/mol. The maximum atomic E-state index is 13.3. The molecule has 0 spiro atoms. The van der Waals surface area contributed by atoms with Gasteiger partial charge in [0.15, 0.2) is 0 Å². The zero-order chi connectivity index (χ0) is 18.2. The van der Waals surface area contributed by atoms with Crippen LogP contribution >= 0.6 is 0 Å². The second-order valence-electron chi connectivity index (χ2n) is 6.39. The van der Waals surface area contributed by atoms with Crippen LogP contribution in [-0.2, 0) is 0 Å². The van der Waals surface area contributed by atoms with Crippen molar-refractivity contribution in [3.05, 3.63) is 29.2 Å². The Bertz CT molecular complexity index is 749. The highest BCUT2D eigenvalue weighted by atomic mass is 19.3. The van der Waals surface area contributed by atoms with Gasteiger partial charge >= 0.3 is 0 Å². The van der Waals surface area contributed by atoms with Crippen LogP contribution < -0.4 is 5.32 Å². The summed E-state index contributed by atoms with van der Waals surface area (Å²) in [5, 5.41) is 6.99. The minimum Gasteiger partial charge on any atom is -0.367 e. The summed E-state index contributed by atoms with van der Waals surface area (Å²) in [4.78, 5) is 8.55. The van der Waals surface area contributed by atoms with Crippen LogP contribution in [0.5, 0.6) is 0 Å². The van der Waals surface area contributed by atoms with E-state index in [1.807, 2.05) is 0 Å². The monoisotopic (exact) mass is 357 g/mol. The van der Waals surface area contributed by atoms with Crippen molar-refractivity contribution < 1.29 is 17.6 Å². The molecule has 1 saturated carbocycles. The summed E-state index contributed by atoms with van der Waals surface area (Å²) in [7, 11) is 0. The average Bonchev–Trinajstić information content (AvgIpc) is 2.91. The lowest BCUT2D eigenvalue weighted by atomic mass is 9.92. The van der Waals surface area contributed by atoms with Gasteiger partial charge in [-0.25, -0.2) is 27.2 Å². The molecule has 1 aliphatic rings. The van der Waals surface area contributed by atoms with Crippen molar-refractivity contribution in [2.24, 2.45) is 0 Å². The van der Waals surface area contributed by atoms with Crippen molar-refractivity contribution in [3.8, 4) is 5.95 Å². The molecule has 5 nitrogen and oxygen atoms in total. The summed E-state index contributed by atoms with van der Waals surface area (Å²) >= 11 is 0. The second-order valence-corrected chi connectivity index (χ2v) is 6.39. The standard InChI is InChI=1S/C16H19F4N5/c1-9-7-13(22-11-3-5-16(19,20)6-4-11)23-15(21-9)25-10(2)8-12(24-25)14(17)18/h7-8,11,14H,3-6H2,1-2H3,(H,21,22,23). The summed E-state index contributed by atoms with van der Waals surface area (Å²) in [5.41, 5.74) is 0.776. The molecular formula is C16H19F4N5. The van der Waals surface area contributed by atoms with Crippen LogP contribution in [0.1, 0.15) is 49.2 Å². The normalized spacial score (nSPS) is 17.9. The Kier molecular flexibility index (Phi) is 4.66. The van der Waals surface area contributed by atoms with Gasteiger partial charge in [-0.1, -0.05) is 0 Å². The number of hydrogen-bond donors (Lipinski definition) is 1. The Morgan fingerprint density at radius 1 is 1.16 bits per heavy atom. The zero-order valence-corrected chi connectivity index (χ0v) is 13.9. The predicted molar refractivity (Wildman–Crippen MR) is 84.4 cm³/mol. The minimum atomic E-state index is -2.67. The van der Waals surface area contributed by atoms with Crippen LogP contribution in [0.4, 0.5) is 23.4 Å². The van der Waals surface area contributed by atoms with E-state index in [0.717, 1.165) is 0 Å². The Hall–Kier alpha value is -2.19. The van der Waals surface area contributed by atoms with Gasteiger partial charge in [-0.2, -0.15) is 10.1 Å². The van der Waals surface area contributed by atoms with Gasteiger partial charge in [0.25, 0.3) is 12.4 Å². The Balaban J connectivity index is 1.81. The molecule has 3 rings (SSSR count). The lowest BCUT2D eigenvalue weighted by molar-refractivity contribution is -0.0361. The molecule has 136 valence electrons. The first-order valence-electron chi connectivity index (χ1n) is 8.09. The van der Waals surface area contributed by atoms with Gasteiger partial charge in [0, 0.05) is 36.3 Å². The highest BCUT2D eigenvalue weighted by molar-refractivity contribution is 5.40. The third-order valence-corrected chi connectivity index (χ3v) is 4.23. The molecule has 25 heavy (non-hydrogen) atoms. The summed E-state index contributed by atoms with van der Waals surface area (Å²) in [6, 6.07) is 2.88. The van der Waals surface area contributed by atoms with E-state index >= 15 is 0 Å². The van der Waals surface area contributed by atoms with E-state index in [4.69, 9.17) is 0 Å². The molecule has 2 aromatic rings. The molecule has 0 radical (unpaired) electrons. The molecule has 9 heteroatoms. The van der Waals surface area contributed by atoms with Gasteiger partial charge in [-0.05, 0) is 32.8 Å². The smallest absolute Gasteiger partial charge is 0.282 e. The molecule has 1 N–H and O–H groups in total. The van der Waals surface area contributed by atoms with Crippen LogP contribution in [0.3, 0.4) is 0 Å². The molecule has 0 aromatic carbocycles. The van der Waals surface area contributed by atoms with Gasteiger partial charge in [0.05, 0.1) is 0 Å². The van der Waals surface area contributed by atoms with E-state index < -0.39 is 12.3 Å². The first-order chi connectivity index (χ1) is 11.7. The first-order valence-corrected chi connectivity index (χ1v) is 8.09. The summed E-state index contributed by atoms with van der Waals surface area (Å²) in [5.74, 6) is -1.94. The Morgan fingerprint density at radius 2 is 1.84 bits per heavy atom. The molecule has 0 aliphatic heterocycles. The fourth-order valence-electron chi connectivity index (χ4n) is 2.92. The molecule has 0 amide bonds. The van der Waals surface area contributed by atoms with Crippen molar-refractivity contribution in [3.63, 3.8) is 0 Å². The van der Waals surface area contributed by atoms with Gasteiger partial charge in [0.1, 0.15) is 11.5 Å². The molecule has 0 atom stereocenters. The van der Waals surface area contributed by atoms with Gasteiger partial charge in [-0.15, -0.1) is 0 Å². The van der Waals surface area contributed by atoms with Crippen molar-refractivity contribution in [2.75, 3.05) is 5.32 Å². The van der Waals surface area contributed by atoms with E-state index in [1.54, 1.807) is 19.9 Å². The van der Waals surface area contributed by atoms with Crippen molar-refractivity contribution in [1.82, 2.24) is 19.7 Å². The molecule has 2 aromatic heterocycles. The lowest BCUT2D eigenvalue weighted by Gasteiger charge is -2.29. The summed E-state index contributed by atoms with van der Waals surface area (Å²) in [6.45, 7) is 3.39. The first kappa shape index (κ1) is 17.6. The lowest BCUT2D eigenvalue weighted by Crippen LogP contribution is -2.32. The summed E-state index contributed by atoms with van der Waals surface area (Å²) in [6.07, 6.45) is -2.29. The number of aromatic nitrogens is 4. The zero-order valence-electron chi connectivity index (χ0n) is 13.9. The highest BCUT2D eigenvalue weighted by Crippen LogP contribution is 2.34. The van der Waals surface area contributed by atoms with Crippen molar-refractivity contribution in [2.45, 2.75) is 57.9 Å². The van der Waals surface area contributed by atoms with E-state index in [9.17, 15) is 17.6 Å². The van der Waals surface area contributed by atoms with Crippen LogP contribution in [-0.4, -0.2) is 31.7 Å². The van der Waals surface area contributed by atoms with E-state index in [1.165, 1.54) is 10.7 Å². The maximum absolute atomic E-state index is 13.3. The van der Waals surface area contributed by atoms with Crippen molar-refractivity contribution >= 4 is 5.82 Å². The van der Waals surface area contributed by atoms with Crippen LogP contribution in [0.25, 0.3) is 5.95 Å². The number of nitrogens with one attached hydrogen (secondary N) is 1. The number of rotatable bonds is 4. The van der Waals surface area contributed by atoms with Crippen molar-refractivity contribution in [1.29, 1.82) is 0 Å². The fraction of sp³-hybridized carbons (Fsp3) is 0.562. The van der Waals surface area contributed by atoms with Gasteiger partial charge in [0.2, 0.25) is 5.92 Å². The maximum Gasteiger partial charge on any atom is 0.282 e. The molecule has 0 bridgehead atoms. The second kappa shape index (κ2) is 6.61. The van der Waals surface area contributed by atoms with Crippen LogP contribution in [0.15, 0.2) is 12.1 Å². The number of hydrogen-bond acceptors (Lipinski definition) is 4. The molecule has 2 heterocycles. The third-order valence-electron chi connectivity index (χ3n) is 4.23. The van der Waals surface area contributed by atoms with E-state index in [-0.39, 0.29) is 30.5 Å². The molecule has 1 aliphatic carbocycles. The highest BCUT2D eigenvalue weighted by Gasteiger charge is 2.35. The molecule has 0 saturated heterocycles. The van der Waals surface area contributed by atoms with E-state index in [0.29, 0.717) is 30.0 Å². The summed E-state index contributed by atoms with van der Waals surface area (Å²) < 4.78 is 53.4. The van der Waals surface area contributed by atoms with Crippen LogP contribution in [0, 0.1) is 13.8 Å². The quantitative estimate of drug-likeness (QED) is 0.833. The Morgan fingerprint density at radius 3 is 2.44 bits per heavy atom. The number of alkyl halides is 4. The predicted octanol–water partition coefficient (Wildman–Crippen LogP) is 4.21. The Labute approximate surface area is 142 Å². The largest absolute Gasteiger partial charge is 0.367 e. The number of nitrogens with zero attached hydrogens (tertiary/aromatic N) is 4. The SMILES string of the molecule is Cc1cc(NC2CCC(F)(F)CC2)nc(-n2nc(C(F)F)cc2C)n1. The van der Waals surface area contributed by atoms with Gasteiger partial charge in [-0.3, -0.25) is 0 Å². The minimum absolute atomic E-state index is 0.0999. The number of anilines is 1. The fourth-order valence-corrected chi connectivity index (χ4v) is 2.92. The van der Waals surface area contributed by atoms with E-state index in [2.05, 4.69) is 20.4 Å². The van der Waals surface area contributed by atoms with Crippen LogP contribution in [0.2, 0.25) is 0 Å². The third kappa shape index (κ3) is 4.08. The molecule has 1 fully saturated rings. The number of halogens is 4. The van der Waals surface area contributed by atoms with Gasteiger partial charge < -0.3 is 5.32 Å².